The van der Waals surface area contributed by atoms with Crippen molar-refractivity contribution >= 4 is 17.6 Å². The largest absolute Gasteiger partial charge is 0.478 e. The predicted octanol–water partition coefficient (Wildman–Crippen LogP) is 3.20. The number of carboxylic acids is 1. The number of aryl methyl sites for hydroxylation is 1. The molecule has 9 heteroatoms. The SMILES string of the molecule is CCc1nn(-c2cccc(Cl)n2)c(C(F)(F)F)c1C(=O)O. The lowest BCUT2D eigenvalue weighted by Crippen LogP contribution is -2.18. The van der Waals surface area contributed by atoms with E-state index in [0.717, 1.165) is 0 Å². The Bertz CT molecular complexity index is 698. The van der Waals surface area contributed by atoms with Crippen LogP contribution in [0, 0.1) is 0 Å². The number of hydrogen-bond acceptors (Lipinski definition) is 3. The molecule has 0 unspecified atom stereocenters. The third-order valence-electron chi connectivity index (χ3n) is 2.69. The standard InChI is InChI=1S/C12H9ClF3N3O2/c1-2-6-9(11(20)21)10(12(14,15)16)19(18-6)8-5-3-4-7(13)17-8/h3-5H,2H2,1H3,(H,20,21). The summed E-state index contributed by atoms with van der Waals surface area (Å²) >= 11 is 5.65. The van der Waals surface area contributed by atoms with Crippen LogP contribution in [0.1, 0.15) is 28.7 Å². The van der Waals surface area contributed by atoms with Crippen molar-refractivity contribution in [1.29, 1.82) is 0 Å². The molecule has 112 valence electrons. The Labute approximate surface area is 122 Å². The zero-order valence-electron chi connectivity index (χ0n) is 10.6. The topological polar surface area (TPSA) is 68.0 Å². The molecule has 2 heterocycles. The first-order chi connectivity index (χ1) is 9.75. The second-order valence-corrected chi connectivity index (χ2v) is 4.44. The van der Waals surface area contributed by atoms with Crippen LogP contribution in [-0.2, 0) is 12.6 Å². The van der Waals surface area contributed by atoms with Gasteiger partial charge in [-0.3, -0.25) is 0 Å². The van der Waals surface area contributed by atoms with E-state index in [2.05, 4.69) is 10.1 Å². The molecule has 0 aliphatic heterocycles. The van der Waals surface area contributed by atoms with E-state index < -0.39 is 23.4 Å². The summed E-state index contributed by atoms with van der Waals surface area (Å²) in [6.07, 6.45) is -4.85. The summed E-state index contributed by atoms with van der Waals surface area (Å²) in [5, 5.41) is 12.8. The molecule has 0 aliphatic carbocycles. The molecule has 0 radical (unpaired) electrons. The molecule has 0 saturated carbocycles. The molecule has 0 aromatic carbocycles. The molecule has 0 bridgehead atoms. The molecule has 0 fully saturated rings. The van der Waals surface area contributed by atoms with E-state index in [9.17, 15) is 18.0 Å². The number of aromatic nitrogens is 3. The van der Waals surface area contributed by atoms with Crippen molar-refractivity contribution in [2.45, 2.75) is 19.5 Å². The van der Waals surface area contributed by atoms with Gasteiger partial charge >= 0.3 is 12.1 Å². The number of hydrogen-bond donors (Lipinski definition) is 1. The average Bonchev–Trinajstić information content (AvgIpc) is 2.78. The third kappa shape index (κ3) is 2.85. The molecule has 21 heavy (non-hydrogen) atoms. The van der Waals surface area contributed by atoms with Crippen LogP contribution in [0.4, 0.5) is 13.2 Å². The van der Waals surface area contributed by atoms with Crippen molar-refractivity contribution < 1.29 is 23.1 Å². The zero-order chi connectivity index (χ0) is 15.8. The van der Waals surface area contributed by atoms with E-state index in [1.54, 1.807) is 0 Å². The number of nitrogens with zero attached hydrogens (tertiary/aromatic N) is 3. The van der Waals surface area contributed by atoms with Gasteiger partial charge in [0.25, 0.3) is 0 Å². The summed E-state index contributed by atoms with van der Waals surface area (Å²) in [7, 11) is 0. The fraction of sp³-hybridized carbons (Fsp3) is 0.250. The maximum absolute atomic E-state index is 13.2. The van der Waals surface area contributed by atoms with Crippen molar-refractivity contribution in [3.63, 3.8) is 0 Å². The summed E-state index contributed by atoms with van der Waals surface area (Å²) in [6, 6.07) is 4.05. The fourth-order valence-electron chi connectivity index (χ4n) is 1.88. The minimum atomic E-state index is -4.89. The number of aromatic carboxylic acids is 1. The Morgan fingerprint density at radius 1 is 1.43 bits per heavy atom. The Hall–Kier alpha value is -2.09. The molecule has 0 amide bonds. The molecule has 0 aliphatic rings. The molecular weight excluding hydrogens is 311 g/mol. The molecule has 5 nitrogen and oxygen atoms in total. The lowest BCUT2D eigenvalue weighted by atomic mass is 10.1. The van der Waals surface area contributed by atoms with Crippen molar-refractivity contribution in [2.24, 2.45) is 0 Å². The monoisotopic (exact) mass is 319 g/mol. The van der Waals surface area contributed by atoms with Gasteiger partial charge in [-0.15, -0.1) is 0 Å². The molecule has 0 spiro atoms. The summed E-state index contributed by atoms with van der Waals surface area (Å²) in [5.74, 6) is -1.88. The van der Waals surface area contributed by atoms with E-state index in [1.165, 1.54) is 25.1 Å². The first-order valence-corrected chi connectivity index (χ1v) is 6.18. The van der Waals surface area contributed by atoms with Gasteiger partial charge in [0.15, 0.2) is 11.5 Å². The molecule has 2 aromatic heterocycles. The second-order valence-electron chi connectivity index (χ2n) is 4.06. The van der Waals surface area contributed by atoms with E-state index >= 15 is 0 Å². The molecule has 0 saturated heterocycles. The molecular formula is C12H9ClF3N3O2. The smallest absolute Gasteiger partial charge is 0.434 e. The van der Waals surface area contributed by atoms with Gasteiger partial charge in [-0.05, 0) is 18.6 Å². The highest BCUT2D eigenvalue weighted by Gasteiger charge is 2.42. The van der Waals surface area contributed by atoms with Gasteiger partial charge in [0, 0.05) is 0 Å². The quantitative estimate of drug-likeness (QED) is 0.882. The Kier molecular flexibility index (Phi) is 3.91. The summed E-state index contributed by atoms with van der Waals surface area (Å²) in [5.41, 5.74) is -2.41. The predicted molar refractivity (Wildman–Crippen MR) is 67.7 cm³/mol. The van der Waals surface area contributed by atoms with Gasteiger partial charge in [-0.25, -0.2) is 14.5 Å². The van der Waals surface area contributed by atoms with Crippen LogP contribution in [-0.4, -0.2) is 25.8 Å². The normalized spacial score (nSPS) is 11.7. The van der Waals surface area contributed by atoms with Crippen LogP contribution in [0.3, 0.4) is 0 Å². The lowest BCUT2D eigenvalue weighted by molar-refractivity contribution is -0.143. The first-order valence-electron chi connectivity index (χ1n) is 5.81. The summed E-state index contributed by atoms with van der Waals surface area (Å²) in [6.45, 7) is 1.52. The van der Waals surface area contributed by atoms with Crippen LogP contribution < -0.4 is 0 Å². The summed E-state index contributed by atoms with van der Waals surface area (Å²) < 4.78 is 40.1. The number of alkyl halides is 3. The van der Waals surface area contributed by atoms with Gasteiger partial charge in [-0.2, -0.15) is 18.3 Å². The molecule has 2 rings (SSSR count). The highest BCUT2D eigenvalue weighted by atomic mass is 35.5. The van der Waals surface area contributed by atoms with E-state index in [4.69, 9.17) is 16.7 Å². The lowest BCUT2D eigenvalue weighted by Gasteiger charge is -2.10. The zero-order valence-corrected chi connectivity index (χ0v) is 11.4. The van der Waals surface area contributed by atoms with Gasteiger partial charge in [-0.1, -0.05) is 24.6 Å². The van der Waals surface area contributed by atoms with Crippen LogP contribution in [0.2, 0.25) is 5.15 Å². The van der Waals surface area contributed by atoms with Crippen LogP contribution >= 0.6 is 11.6 Å². The Morgan fingerprint density at radius 3 is 2.57 bits per heavy atom. The van der Waals surface area contributed by atoms with Gasteiger partial charge in [0.2, 0.25) is 0 Å². The molecule has 2 aromatic rings. The molecule has 1 N–H and O–H groups in total. The Morgan fingerprint density at radius 2 is 2.10 bits per heavy atom. The maximum Gasteiger partial charge on any atom is 0.434 e. The third-order valence-corrected chi connectivity index (χ3v) is 2.90. The average molecular weight is 320 g/mol. The van der Waals surface area contributed by atoms with E-state index in [-0.39, 0.29) is 23.1 Å². The van der Waals surface area contributed by atoms with Crippen LogP contribution in [0.25, 0.3) is 5.82 Å². The number of rotatable bonds is 3. The number of halogens is 4. The minimum Gasteiger partial charge on any atom is -0.478 e. The molecule has 0 atom stereocenters. The number of carbonyl (C=O) groups is 1. The van der Waals surface area contributed by atoms with Crippen molar-refractivity contribution in [1.82, 2.24) is 14.8 Å². The first kappa shape index (κ1) is 15.3. The second kappa shape index (κ2) is 5.36. The highest BCUT2D eigenvalue weighted by molar-refractivity contribution is 6.29. The summed E-state index contributed by atoms with van der Waals surface area (Å²) in [4.78, 5) is 14.9. The van der Waals surface area contributed by atoms with Crippen LogP contribution in [0.5, 0.6) is 0 Å². The van der Waals surface area contributed by atoms with Crippen LogP contribution in [0.15, 0.2) is 18.2 Å². The van der Waals surface area contributed by atoms with Crippen molar-refractivity contribution in [3.8, 4) is 5.82 Å². The van der Waals surface area contributed by atoms with Gasteiger partial charge < -0.3 is 5.11 Å². The minimum absolute atomic E-state index is 0.0222. The Balaban J connectivity index is 2.80. The van der Waals surface area contributed by atoms with E-state index in [0.29, 0.717) is 4.68 Å². The fourth-order valence-corrected chi connectivity index (χ4v) is 2.04. The van der Waals surface area contributed by atoms with Crippen molar-refractivity contribution in [2.75, 3.05) is 0 Å². The number of carboxylic acid groups (broad SMARTS) is 1. The van der Waals surface area contributed by atoms with Gasteiger partial charge in [0.05, 0.1) is 5.69 Å². The van der Waals surface area contributed by atoms with Crippen molar-refractivity contribution in [3.05, 3.63) is 40.3 Å². The highest BCUT2D eigenvalue weighted by Crippen LogP contribution is 2.35. The van der Waals surface area contributed by atoms with Gasteiger partial charge in [0.1, 0.15) is 10.7 Å². The maximum atomic E-state index is 13.2. The number of pyridine rings is 1. The van der Waals surface area contributed by atoms with E-state index in [1.807, 2.05) is 0 Å².